The molecule has 0 saturated carbocycles. The van der Waals surface area contributed by atoms with Crippen LogP contribution < -0.4 is 5.32 Å². The van der Waals surface area contributed by atoms with E-state index in [1.807, 2.05) is 4.90 Å². The van der Waals surface area contributed by atoms with E-state index in [0.29, 0.717) is 48.3 Å². The van der Waals surface area contributed by atoms with Gasteiger partial charge in [-0.25, -0.2) is 0 Å². The van der Waals surface area contributed by atoms with E-state index in [1.54, 1.807) is 42.2 Å². The van der Waals surface area contributed by atoms with Gasteiger partial charge in [0.1, 0.15) is 0 Å². The number of nitrogens with one attached hydrogen (secondary N) is 1. The van der Waals surface area contributed by atoms with Gasteiger partial charge in [0.2, 0.25) is 11.8 Å². The molecule has 1 saturated heterocycles. The second kappa shape index (κ2) is 7.67. The second-order valence-corrected chi connectivity index (χ2v) is 6.39. The lowest BCUT2D eigenvalue weighted by molar-refractivity contribution is -0.117. The highest BCUT2D eigenvalue weighted by Crippen LogP contribution is 2.13. The number of benzene rings is 1. The van der Waals surface area contributed by atoms with Crippen LogP contribution >= 0.6 is 11.6 Å². The van der Waals surface area contributed by atoms with Gasteiger partial charge in [0.05, 0.1) is 12.2 Å². The molecule has 1 aromatic heterocycles. The van der Waals surface area contributed by atoms with E-state index in [0.717, 1.165) is 0 Å². The number of carbonyl (C=O) groups excluding carboxylic acids is 2. The zero-order valence-electron chi connectivity index (χ0n) is 13.9. The first kappa shape index (κ1) is 17.4. The van der Waals surface area contributed by atoms with Gasteiger partial charge < -0.3 is 9.42 Å². The van der Waals surface area contributed by atoms with Gasteiger partial charge in [-0.3, -0.25) is 19.8 Å². The Morgan fingerprint density at radius 1 is 1.20 bits per heavy atom. The Morgan fingerprint density at radius 3 is 2.48 bits per heavy atom. The molecule has 1 aliphatic rings. The number of amides is 2. The summed E-state index contributed by atoms with van der Waals surface area (Å²) < 4.78 is 4.97. The highest BCUT2D eigenvalue weighted by molar-refractivity contribution is 6.30. The summed E-state index contributed by atoms with van der Waals surface area (Å²) in [5.74, 6) is 0.172. The number of halogens is 1. The molecule has 2 aromatic rings. The molecule has 0 bridgehead atoms. The normalized spacial score (nSPS) is 15.2. The van der Waals surface area contributed by atoms with E-state index in [4.69, 9.17) is 16.1 Å². The van der Waals surface area contributed by atoms with E-state index in [9.17, 15) is 9.59 Å². The van der Waals surface area contributed by atoms with Gasteiger partial charge in [0.15, 0.2) is 0 Å². The zero-order valence-corrected chi connectivity index (χ0v) is 14.6. The highest BCUT2D eigenvalue weighted by Gasteiger charge is 2.23. The van der Waals surface area contributed by atoms with E-state index in [1.165, 1.54) is 0 Å². The maximum Gasteiger partial charge on any atom is 0.253 e. The van der Waals surface area contributed by atoms with Gasteiger partial charge in [0.25, 0.3) is 5.91 Å². The third-order valence-electron chi connectivity index (χ3n) is 4.01. The summed E-state index contributed by atoms with van der Waals surface area (Å²) in [4.78, 5) is 28.3. The van der Waals surface area contributed by atoms with Gasteiger partial charge in [-0.2, -0.15) is 0 Å². The number of anilines is 1. The molecular formula is C17H19ClN4O3. The van der Waals surface area contributed by atoms with Crippen LogP contribution in [0, 0.1) is 6.92 Å². The highest BCUT2D eigenvalue weighted by atomic mass is 35.5. The Kier molecular flexibility index (Phi) is 5.35. The van der Waals surface area contributed by atoms with E-state index < -0.39 is 0 Å². The third kappa shape index (κ3) is 4.58. The predicted molar refractivity (Wildman–Crippen MR) is 93.7 cm³/mol. The average molecular weight is 363 g/mol. The Labute approximate surface area is 150 Å². The first-order valence-electron chi connectivity index (χ1n) is 8.01. The lowest BCUT2D eigenvalue weighted by atomic mass is 10.2. The molecular weight excluding hydrogens is 344 g/mol. The third-order valence-corrected chi connectivity index (χ3v) is 4.26. The van der Waals surface area contributed by atoms with Crippen LogP contribution in [0.3, 0.4) is 0 Å². The zero-order chi connectivity index (χ0) is 17.8. The summed E-state index contributed by atoms with van der Waals surface area (Å²) in [6, 6.07) is 8.54. The van der Waals surface area contributed by atoms with E-state index in [2.05, 4.69) is 10.5 Å². The topological polar surface area (TPSA) is 78.7 Å². The molecule has 0 spiro atoms. The summed E-state index contributed by atoms with van der Waals surface area (Å²) in [7, 11) is 0. The fourth-order valence-corrected chi connectivity index (χ4v) is 2.81. The molecule has 1 aliphatic heterocycles. The molecule has 0 unspecified atom stereocenters. The standard InChI is InChI=1S/C17H19ClN4O3/c1-12-10-16(25-20-12)19-15(23)11-21-6-8-22(9-7-21)17(24)13-2-4-14(18)5-3-13/h2-5,10H,6-9,11H2,1H3,(H,19,23). The molecule has 25 heavy (non-hydrogen) atoms. The smallest absolute Gasteiger partial charge is 0.253 e. The molecule has 0 atom stereocenters. The molecule has 1 N–H and O–H groups in total. The predicted octanol–water partition coefficient (Wildman–Crippen LogP) is 2.03. The average Bonchev–Trinajstić information content (AvgIpc) is 3.00. The lowest BCUT2D eigenvalue weighted by Gasteiger charge is -2.34. The molecule has 132 valence electrons. The van der Waals surface area contributed by atoms with Gasteiger partial charge in [-0.05, 0) is 31.2 Å². The minimum absolute atomic E-state index is 0.0158. The number of hydrogen-bond donors (Lipinski definition) is 1. The summed E-state index contributed by atoms with van der Waals surface area (Å²) in [5.41, 5.74) is 1.33. The van der Waals surface area contributed by atoms with Crippen molar-refractivity contribution in [2.75, 3.05) is 38.0 Å². The number of nitrogens with zero attached hydrogens (tertiary/aromatic N) is 3. The van der Waals surface area contributed by atoms with E-state index in [-0.39, 0.29) is 18.4 Å². The maximum absolute atomic E-state index is 12.4. The molecule has 8 heteroatoms. The number of aryl methyl sites for hydroxylation is 1. The van der Waals surface area contributed by atoms with Crippen LogP contribution in [0.5, 0.6) is 0 Å². The van der Waals surface area contributed by atoms with E-state index >= 15 is 0 Å². The van der Waals surface area contributed by atoms with Gasteiger partial charge in [-0.1, -0.05) is 16.8 Å². The summed E-state index contributed by atoms with van der Waals surface area (Å²) in [5, 5.41) is 7.00. The van der Waals surface area contributed by atoms with Gasteiger partial charge in [-0.15, -0.1) is 0 Å². The largest absolute Gasteiger partial charge is 0.338 e. The van der Waals surface area contributed by atoms with Crippen molar-refractivity contribution in [3.05, 3.63) is 46.6 Å². The van der Waals surface area contributed by atoms with Crippen molar-refractivity contribution in [3.63, 3.8) is 0 Å². The van der Waals surface area contributed by atoms with Crippen LogP contribution in [0.15, 0.2) is 34.9 Å². The van der Waals surface area contributed by atoms with Crippen LogP contribution in [0.1, 0.15) is 16.1 Å². The lowest BCUT2D eigenvalue weighted by Crippen LogP contribution is -2.50. The Hall–Kier alpha value is -2.38. The fraction of sp³-hybridized carbons (Fsp3) is 0.353. The van der Waals surface area contributed by atoms with Crippen molar-refractivity contribution in [3.8, 4) is 0 Å². The number of rotatable bonds is 4. The molecule has 0 aliphatic carbocycles. The quantitative estimate of drug-likeness (QED) is 0.900. The molecule has 3 rings (SSSR count). The van der Waals surface area contributed by atoms with Crippen molar-refractivity contribution in [1.29, 1.82) is 0 Å². The van der Waals surface area contributed by atoms with Crippen LogP contribution in [0.25, 0.3) is 0 Å². The van der Waals surface area contributed by atoms with Crippen LogP contribution in [-0.2, 0) is 4.79 Å². The van der Waals surface area contributed by atoms with Crippen molar-refractivity contribution >= 4 is 29.3 Å². The van der Waals surface area contributed by atoms with Crippen LogP contribution in [-0.4, -0.2) is 59.5 Å². The number of carbonyl (C=O) groups is 2. The summed E-state index contributed by atoms with van der Waals surface area (Å²) >= 11 is 5.85. The molecule has 1 aromatic carbocycles. The van der Waals surface area contributed by atoms with Crippen molar-refractivity contribution < 1.29 is 14.1 Å². The Balaban J connectivity index is 1.47. The van der Waals surface area contributed by atoms with Gasteiger partial charge >= 0.3 is 0 Å². The second-order valence-electron chi connectivity index (χ2n) is 5.96. The minimum Gasteiger partial charge on any atom is -0.338 e. The van der Waals surface area contributed by atoms with Crippen molar-refractivity contribution in [1.82, 2.24) is 15.0 Å². The number of aromatic nitrogens is 1. The molecule has 7 nitrogen and oxygen atoms in total. The Bertz CT molecular complexity index is 752. The maximum atomic E-state index is 12.4. The summed E-state index contributed by atoms with van der Waals surface area (Å²) in [6.45, 7) is 4.48. The molecule has 2 heterocycles. The number of hydrogen-bond acceptors (Lipinski definition) is 5. The van der Waals surface area contributed by atoms with Crippen LogP contribution in [0.2, 0.25) is 5.02 Å². The van der Waals surface area contributed by atoms with Crippen molar-refractivity contribution in [2.45, 2.75) is 6.92 Å². The minimum atomic E-state index is -0.159. The first-order chi connectivity index (χ1) is 12.0. The number of piperazine rings is 1. The molecule has 0 radical (unpaired) electrons. The molecule has 2 amide bonds. The summed E-state index contributed by atoms with van der Waals surface area (Å²) in [6.07, 6.45) is 0. The first-order valence-corrected chi connectivity index (χ1v) is 8.39. The van der Waals surface area contributed by atoms with Crippen molar-refractivity contribution in [2.24, 2.45) is 0 Å². The fourth-order valence-electron chi connectivity index (χ4n) is 2.69. The monoisotopic (exact) mass is 362 g/mol. The molecule has 1 fully saturated rings. The van der Waals surface area contributed by atoms with Gasteiger partial charge in [0, 0.05) is 42.8 Å². The SMILES string of the molecule is Cc1cc(NC(=O)CN2CCN(C(=O)c3ccc(Cl)cc3)CC2)on1. The van der Waals surface area contributed by atoms with Crippen LogP contribution in [0.4, 0.5) is 5.88 Å². The Morgan fingerprint density at radius 2 is 1.88 bits per heavy atom.